The van der Waals surface area contributed by atoms with Gasteiger partial charge in [0, 0.05) is 0 Å². The van der Waals surface area contributed by atoms with Crippen molar-refractivity contribution in [3.8, 4) is 5.75 Å². The summed E-state index contributed by atoms with van der Waals surface area (Å²) < 4.78 is 29.0. The van der Waals surface area contributed by atoms with E-state index in [0.717, 1.165) is 4.90 Å². The van der Waals surface area contributed by atoms with E-state index in [9.17, 15) is 18.4 Å². The molecule has 19 heavy (non-hydrogen) atoms. The first-order valence-electron chi connectivity index (χ1n) is 5.63. The van der Waals surface area contributed by atoms with Crippen LogP contribution in [0.25, 0.3) is 0 Å². The number of benzene rings is 1. The van der Waals surface area contributed by atoms with Crippen LogP contribution in [0.4, 0.5) is 14.5 Å². The van der Waals surface area contributed by atoms with Crippen molar-refractivity contribution in [1.29, 1.82) is 0 Å². The molecule has 0 saturated carbocycles. The molecule has 0 aliphatic carbocycles. The minimum Gasteiger partial charge on any atom is -0.433 e. The van der Waals surface area contributed by atoms with Gasteiger partial charge in [-0.3, -0.25) is 14.5 Å². The molecule has 0 spiro atoms. The maximum Gasteiger partial charge on any atom is 0.387 e. The summed E-state index contributed by atoms with van der Waals surface area (Å²) in [6.45, 7) is -1.68. The maximum atomic E-state index is 12.3. The third-order valence-corrected chi connectivity index (χ3v) is 2.69. The van der Waals surface area contributed by atoms with Crippen molar-refractivity contribution in [1.82, 2.24) is 5.32 Å². The Hall–Kier alpha value is -2.18. The molecular formula is C12H12F2N2O3. The van der Waals surface area contributed by atoms with E-state index in [1.165, 1.54) is 25.1 Å². The second-order valence-electron chi connectivity index (χ2n) is 4.06. The molecule has 1 heterocycles. The Balaban J connectivity index is 2.34. The normalized spacial score (nSPS) is 19.6. The molecule has 1 saturated heterocycles. The molecule has 1 N–H and O–H groups in total. The van der Waals surface area contributed by atoms with Crippen molar-refractivity contribution >= 4 is 17.5 Å². The molecule has 0 aromatic heterocycles. The molecule has 1 aromatic carbocycles. The van der Waals surface area contributed by atoms with E-state index in [1.54, 1.807) is 6.07 Å². The van der Waals surface area contributed by atoms with Crippen molar-refractivity contribution in [2.45, 2.75) is 19.6 Å². The number of nitrogens with zero attached hydrogens (tertiary/aromatic N) is 1. The lowest BCUT2D eigenvalue weighted by molar-refractivity contribution is -0.130. The van der Waals surface area contributed by atoms with Crippen LogP contribution in [0.1, 0.15) is 6.92 Å². The molecule has 5 nitrogen and oxygen atoms in total. The third kappa shape index (κ3) is 2.81. The van der Waals surface area contributed by atoms with Gasteiger partial charge in [-0.05, 0) is 19.1 Å². The van der Waals surface area contributed by atoms with Crippen LogP contribution in [0.2, 0.25) is 0 Å². The summed E-state index contributed by atoms with van der Waals surface area (Å²) in [6, 6.07) is 5.19. The molecular weight excluding hydrogens is 258 g/mol. The molecule has 1 unspecified atom stereocenters. The third-order valence-electron chi connectivity index (χ3n) is 2.69. The molecule has 1 fully saturated rings. The van der Waals surface area contributed by atoms with Crippen molar-refractivity contribution in [3.05, 3.63) is 24.3 Å². The number of hydrogen-bond donors (Lipinski definition) is 1. The number of alkyl halides is 2. The fourth-order valence-corrected chi connectivity index (χ4v) is 1.88. The largest absolute Gasteiger partial charge is 0.433 e. The number of rotatable bonds is 3. The number of carbonyl (C=O) groups is 2. The van der Waals surface area contributed by atoms with Gasteiger partial charge in [0.25, 0.3) is 0 Å². The van der Waals surface area contributed by atoms with Gasteiger partial charge in [-0.1, -0.05) is 12.1 Å². The summed E-state index contributed by atoms with van der Waals surface area (Å²) in [6.07, 6.45) is 0. The molecule has 0 bridgehead atoms. The molecule has 2 rings (SSSR count). The smallest absolute Gasteiger partial charge is 0.387 e. The van der Waals surface area contributed by atoms with Gasteiger partial charge in [0.15, 0.2) is 0 Å². The van der Waals surface area contributed by atoms with Gasteiger partial charge in [0.1, 0.15) is 18.3 Å². The summed E-state index contributed by atoms with van der Waals surface area (Å²) in [5.41, 5.74) is 0.162. The highest BCUT2D eigenvalue weighted by Crippen LogP contribution is 2.30. The van der Waals surface area contributed by atoms with Crippen LogP contribution in [-0.2, 0) is 9.59 Å². The zero-order valence-corrected chi connectivity index (χ0v) is 10.1. The molecule has 1 aliphatic rings. The Morgan fingerprint density at radius 2 is 2.05 bits per heavy atom. The van der Waals surface area contributed by atoms with Crippen LogP contribution < -0.4 is 15.0 Å². The first-order chi connectivity index (χ1) is 8.99. The van der Waals surface area contributed by atoms with Crippen LogP contribution in [0.3, 0.4) is 0 Å². The Morgan fingerprint density at radius 3 is 2.74 bits per heavy atom. The van der Waals surface area contributed by atoms with E-state index in [4.69, 9.17) is 0 Å². The number of carbonyl (C=O) groups excluding carboxylic acids is 2. The second kappa shape index (κ2) is 5.21. The van der Waals surface area contributed by atoms with Crippen LogP contribution in [0.15, 0.2) is 24.3 Å². The van der Waals surface area contributed by atoms with Crippen LogP contribution in [0.5, 0.6) is 5.75 Å². The molecule has 1 atom stereocenters. The number of hydrogen-bond acceptors (Lipinski definition) is 3. The van der Waals surface area contributed by atoms with E-state index in [0.29, 0.717) is 0 Å². The van der Waals surface area contributed by atoms with Crippen molar-refractivity contribution in [2.24, 2.45) is 0 Å². The number of nitrogens with one attached hydrogen (secondary N) is 1. The van der Waals surface area contributed by atoms with Gasteiger partial charge in [-0.25, -0.2) is 0 Å². The predicted molar refractivity (Wildman–Crippen MR) is 63.0 cm³/mol. The lowest BCUT2D eigenvalue weighted by atomic mass is 10.1. The van der Waals surface area contributed by atoms with Gasteiger partial charge in [0.2, 0.25) is 11.8 Å². The minimum absolute atomic E-state index is 0.132. The number of ether oxygens (including phenoxy) is 1. The predicted octanol–water partition coefficient (Wildman–Crippen LogP) is 1.14. The quantitative estimate of drug-likeness (QED) is 0.896. The highest BCUT2D eigenvalue weighted by molar-refractivity contribution is 6.07. The minimum atomic E-state index is -2.99. The molecule has 2 amide bonds. The molecule has 1 aliphatic heterocycles. The summed E-state index contributed by atoms with van der Waals surface area (Å²) in [5.74, 6) is -0.850. The average molecular weight is 270 g/mol. The maximum absolute atomic E-state index is 12.3. The van der Waals surface area contributed by atoms with E-state index in [-0.39, 0.29) is 29.8 Å². The molecule has 1 aromatic rings. The van der Waals surface area contributed by atoms with Crippen LogP contribution in [0, 0.1) is 0 Å². The fourth-order valence-electron chi connectivity index (χ4n) is 1.88. The Bertz CT molecular complexity index is 508. The first kappa shape index (κ1) is 13.3. The van der Waals surface area contributed by atoms with E-state index in [1.807, 2.05) is 0 Å². The summed E-state index contributed by atoms with van der Waals surface area (Å²) >= 11 is 0. The van der Waals surface area contributed by atoms with Crippen molar-refractivity contribution in [3.63, 3.8) is 0 Å². The number of anilines is 1. The SMILES string of the molecule is CC1NC(=O)CN(c2ccccc2OC(F)F)C1=O. The van der Waals surface area contributed by atoms with E-state index in [2.05, 4.69) is 10.1 Å². The lowest BCUT2D eigenvalue weighted by Crippen LogP contribution is -2.57. The second-order valence-corrected chi connectivity index (χ2v) is 4.06. The lowest BCUT2D eigenvalue weighted by Gasteiger charge is -2.31. The monoisotopic (exact) mass is 270 g/mol. The Kier molecular flexibility index (Phi) is 3.64. The van der Waals surface area contributed by atoms with Gasteiger partial charge in [-0.2, -0.15) is 8.78 Å². The first-order valence-corrected chi connectivity index (χ1v) is 5.63. The van der Waals surface area contributed by atoms with Gasteiger partial charge >= 0.3 is 6.61 Å². The van der Waals surface area contributed by atoms with Crippen LogP contribution >= 0.6 is 0 Å². The van der Waals surface area contributed by atoms with E-state index < -0.39 is 12.7 Å². The number of halogens is 2. The number of para-hydroxylation sites is 2. The highest BCUT2D eigenvalue weighted by Gasteiger charge is 2.32. The van der Waals surface area contributed by atoms with Crippen molar-refractivity contribution in [2.75, 3.05) is 11.4 Å². The molecule has 7 heteroatoms. The Morgan fingerprint density at radius 1 is 1.37 bits per heavy atom. The zero-order valence-electron chi connectivity index (χ0n) is 10.1. The Labute approximate surface area is 108 Å². The summed E-state index contributed by atoms with van der Waals surface area (Å²) in [4.78, 5) is 24.6. The standard InChI is InChI=1S/C12H12F2N2O3/c1-7-11(18)16(6-10(17)15-7)8-4-2-3-5-9(8)19-12(13)14/h2-5,7,12H,6H2,1H3,(H,15,17). The average Bonchev–Trinajstić information content (AvgIpc) is 2.34. The zero-order chi connectivity index (χ0) is 14.0. The van der Waals surface area contributed by atoms with Crippen LogP contribution in [-0.4, -0.2) is 31.0 Å². The number of amides is 2. The van der Waals surface area contributed by atoms with Gasteiger partial charge < -0.3 is 10.1 Å². The topological polar surface area (TPSA) is 58.6 Å². The summed E-state index contributed by atoms with van der Waals surface area (Å²) in [5, 5.41) is 2.47. The fraction of sp³-hybridized carbons (Fsp3) is 0.333. The molecule has 0 radical (unpaired) electrons. The summed E-state index contributed by atoms with van der Waals surface area (Å²) in [7, 11) is 0. The van der Waals surface area contributed by atoms with E-state index >= 15 is 0 Å². The number of piperazine rings is 1. The molecule has 102 valence electrons. The highest BCUT2D eigenvalue weighted by atomic mass is 19.3. The van der Waals surface area contributed by atoms with Gasteiger partial charge in [0.05, 0.1) is 5.69 Å². The van der Waals surface area contributed by atoms with Crippen molar-refractivity contribution < 1.29 is 23.1 Å². The van der Waals surface area contributed by atoms with Gasteiger partial charge in [-0.15, -0.1) is 0 Å².